The topological polar surface area (TPSA) is 69.8 Å². The zero-order valence-electron chi connectivity index (χ0n) is 10.8. The number of nitrogens with zero attached hydrogens (tertiary/aromatic N) is 1. The summed E-state index contributed by atoms with van der Waals surface area (Å²) < 4.78 is 12.8. The van der Waals surface area contributed by atoms with Gasteiger partial charge in [-0.3, -0.25) is 10.1 Å². The zero-order valence-corrected chi connectivity index (χ0v) is 10.8. The lowest BCUT2D eigenvalue weighted by Crippen LogP contribution is -2.47. The fourth-order valence-corrected chi connectivity index (χ4v) is 2.27. The van der Waals surface area contributed by atoms with Crippen molar-refractivity contribution in [3.05, 3.63) is 53.4 Å². The van der Waals surface area contributed by atoms with Gasteiger partial charge in [0.1, 0.15) is 5.82 Å². The minimum atomic E-state index is -0.278. The number of hydrogen-bond acceptors (Lipinski definition) is 3. The van der Waals surface area contributed by atoms with E-state index in [1.54, 1.807) is 18.5 Å². The molecule has 5 nitrogen and oxygen atoms in total. The molecule has 0 saturated carbocycles. The molecule has 20 heavy (non-hydrogen) atoms. The van der Waals surface area contributed by atoms with E-state index in [1.807, 2.05) is 0 Å². The summed E-state index contributed by atoms with van der Waals surface area (Å²) in [6, 6.07) is 5.82. The number of hydrogen-bond donors (Lipinski definition) is 3. The van der Waals surface area contributed by atoms with Crippen LogP contribution >= 0.6 is 0 Å². The molecule has 1 amide bonds. The van der Waals surface area contributed by atoms with Gasteiger partial charge in [0.2, 0.25) is 5.91 Å². The van der Waals surface area contributed by atoms with Crippen LogP contribution in [0.15, 0.2) is 30.6 Å². The summed E-state index contributed by atoms with van der Waals surface area (Å²) in [5.74, 6) is -0.344. The number of halogens is 1. The van der Waals surface area contributed by atoms with Crippen molar-refractivity contribution in [2.75, 3.05) is 0 Å². The van der Waals surface area contributed by atoms with Crippen LogP contribution in [0.2, 0.25) is 0 Å². The summed E-state index contributed by atoms with van der Waals surface area (Å²) in [5, 5.41) is 6.01. The van der Waals surface area contributed by atoms with Crippen molar-refractivity contribution >= 4 is 5.91 Å². The molecule has 0 fully saturated rings. The van der Waals surface area contributed by atoms with Crippen molar-refractivity contribution in [2.24, 2.45) is 0 Å². The fourth-order valence-electron chi connectivity index (χ4n) is 2.27. The van der Waals surface area contributed by atoms with Gasteiger partial charge in [-0.25, -0.2) is 9.37 Å². The Hall–Kier alpha value is -2.21. The number of nitrogens with one attached hydrogen (secondary N) is 3. The van der Waals surface area contributed by atoms with Gasteiger partial charge < -0.3 is 10.3 Å². The molecule has 3 rings (SSSR count). The van der Waals surface area contributed by atoms with E-state index in [0.717, 1.165) is 17.0 Å². The van der Waals surface area contributed by atoms with Crippen molar-refractivity contribution in [1.29, 1.82) is 0 Å². The number of fused-ring (bicyclic) bond motifs is 1. The lowest BCUT2D eigenvalue weighted by molar-refractivity contribution is -0.123. The number of H-pyrrole nitrogens is 1. The quantitative estimate of drug-likeness (QED) is 0.778. The number of rotatable bonds is 3. The molecule has 1 aromatic heterocycles. The Morgan fingerprint density at radius 1 is 1.40 bits per heavy atom. The summed E-state index contributed by atoms with van der Waals surface area (Å²) in [6.45, 7) is 1.01. The van der Waals surface area contributed by atoms with Gasteiger partial charge in [0.05, 0.1) is 23.8 Å². The third-order valence-corrected chi connectivity index (χ3v) is 3.43. The van der Waals surface area contributed by atoms with Gasteiger partial charge in [0.15, 0.2) is 0 Å². The van der Waals surface area contributed by atoms with Gasteiger partial charge in [0.25, 0.3) is 0 Å². The van der Waals surface area contributed by atoms with E-state index >= 15 is 0 Å². The Kier molecular flexibility index (Phi) is 3.47. The van der Waals surface area contributed by atoms with Crippen LogP contribution in [0.1, 0.15) is 17.0 Å². The summed E-state index contributed by atoms with van der Waals surface area (Å²) in [5.41, 5.74) is 2.84. The maximum Gasteiger partial charge on any atom is 0.237 e. The highest BCUT2D eigenvalue weighted by Crippen LogP contribution is 2.12. The van der Waals surface area contributed by atoms with Crippen LogP contribution in [0.25, 0.3) is 0 Å². The minimum Gasteiger partial charge on any atom is -0.351 e. The fraction of sp³-hybridized carbons (Fsp3) is 0.286. The van der Waals surface area contributed by atoms with Gasteiger partial charge in [-0.15, -0.1) is 0 Å². The number of amides is 1. The first-order valence-electron chi connectivity index (χ1n) is 6.49. The predicted octanol–water partition coefficient (Wildman–Crippen LogP) is 0.879. The molecule has 2 aromatic rings. The Morgan fingerprint density at radius 2 is 2.20 bits per heavy atom. The number of aromatic nitrogens is 2. The third kappa shape index (κ3) is 2.70. The molecule has 1 aliphatic rings. The zero-order chi connectivity index (χ0) is 13.9. The average Bonchev–Trinajstić information content (AvgIpc) is 2.93. The molecule has 0 radical (unpaired) electrons. The molecule has 0 spiro atoms. The monoisotopic (exact) mass is 274 g/mol. The summed E-state index contributed by atoms with van der Waals surface area (Å²) in [4.78, 5) is 19.3. The molecule has 1 unspecified atom stereocenters. The molecule has 0 aliphatic carbocycles. The first kappa shape index (κ1) is 12.8. The molecular weight excluding hydrogens is 259 g/mol. The van der Waals surface area contributed by atoms with Gasteiger partial charge in [-0.2, -0.15) is 0 Å². The Balaban J connectivity index is 1.56. The number of imidazole rings is 1. The molecule has 104 valence electrons. The highest BCUT2D eigenvalue weighted by Gasteiger charge is 2.25. The van der Waals surface area contributed by atoms with Crippen molar-refractivity contribution < 1.29 is 9.18 Å². The van der Waals surface area contributed by atoms with E-state index in [4.69, 9.17) is 0 Å². The minimum absolute atomic E-state index is 0.0667. The molecule has 1 atom stereocenters. The smallest absolute Gasteiger partial charge is 0.237 e. The second-order valence-corrected chi connectivity index (χ2v) is 4.81. The Bertz CT molecular complexity index is 608. The van der Waals surface area contributed by atoms with E-state index in [1.165, 1.54) is 12.1 Å². The van der Waals surface area contributed by atoms with Crippen LogP contribution in [0.4, 0.5) is 4.39 Å². The first-order chi connectivity index (χ1) is 9.72. The van der Waals surface area contributed by atoms with E-state index in [0.29, 0.717) is 19.5 Å². The van der Waals surface area contributed by atoms with Crippen LogP contribution in [0, 0.1) is 5.82 Å². The van der Waals surface area contributed by atoms with Gasteiger partial charge in [-0.1, -0.05) is 12.1 Å². The van der Waals surface area contributed by atoms with Crippen molar-refractivity contribution in [3.63, 3.8) is 0 Å². The van der Waals surface area contributed by atoms with Crippen LogP contribution in [0.5, 0.6) is 0 Å². The molecule has 2 heterocycles. The molecule has 0 bridgehead atoms. The predicted molar refractivity (Wildman–Crippen MR) is 71.2 cm³/mol. The maximum absolute atomic E-state index is 12.8. The van der Waals surface area contributed by atoms with E-state index in [-0.39, 0.29) is 17.8 Å². The molecular formula is C14H15FN4O. The third-order valence-electron chi connectivity index (χ3n) is 3.43. The summed E-state index contributed by atoms with van der Waals surface area (Å²) in [6.07, 6.45) is 2.22. The second-order valence-electron chi connectivity index (χ2n) is 4.81. The normalized spacial score (nSPS) is 17.6. The second kappa shape index (κ2) is 5.42. The van der Waals surface area contributed by atoms with Crippen LogP contribution < -0.4 is 10.6 Å². The standard InChI is InChI=1S/C14H15FN4O/c15-10-3-1-9(2-4-10)6-17-14(20)12-5-11-13(7-16-12)19-8-18-11/h1-4,8,12,16H,5-7H2,(H,17,20)(H,18,19). The van der Waals surface area contributed by atoms with Crippen molar-refractivity contribution in [3.8, 4) is 0 Å². The maximum atomic E-state index is 12.8. The largest absolute Gasteiger partial charge is 0.351 e. The van der Waals surface area contributed by atoms with Crippen molar-refractivity contribution in [1.82, 2.24) is 20.6 Å². The van der Waals surface area contributed by atoms with Gasteiger partial charge in [0, 0.05) is 19.5 Å². The average molecular weight is 274 g/mol. The lowest BCUT2D eigenvalue weighted by Gasteiger charge is -2.22. The molecule has 1 aromatic carbocycles. The number of aromatic amines is 1. The van der Waals surface area contributed by atoms with E-state index in [9.17, 15) is 9.18 Å². The lowest BCUT2D eigenvalue weighted by atomic mass is 10.0. The highest BCUT2D eigenvalue weighted by molar-refractivity contribution is 5.82. The molecule has 3 N–H and O–H groups in total. The SMILES string of the molecule is O=C(NCc1ccc(F)cc1)C1Cc2nc[nH]c2CN1. The Morgan fingerprint density at radius 3 is 3.00 bits per heavy atom. The molecule has 6 heteroatoms. The Labute approximate surface area is 115 Å². The van der Waals surface area contributed by atoms with Gasteiger partial charge in [-0.05, 0) is 17.7 Å². The number of carbonyl (C=O) groups is 1. The van der Waals surface area contributed by atoms with Crippen LogP contribution in [-0.4, -0.2) is 21.9 Å². The molecule has 1 aliphatic heterocycles. The number of benzene rings is 1. The van der Waals surface area contributed by atoms with Crippen LogP contribution in [0.3, 0.4) is 0 Å². The van der Waals surface area contributed by atoms with E-state index in [2.05, 4.69) is 20.6 Å². The summed E-state index contributed by atoms with van der Waals surface area (Å²) >= 11 is 0. The van der Waals surface area contributed by atoms with E-state index < -0.39 is 0 Å². The highest BCUT2D eigenvalue weighted by atomic mass is 19.1. The van der Waals surface area contributed by atoms with Crippen LogP contribution in [-0.2, 0) is 24.3 Å². The number of carbonyl (C=O) groups excluding carboxylic acids is 1. The van der Waals surface area contributed by atoms with Gasteiger partial charge >= 0.3 is 0 Å². The first-order valence-corrected chi connectivity index (χ1v) is 6.49. The van der Waals surface area contributed by atoms with Crippen molar-refractivity contribution in [2.45, 2.75) is 25.6 Å². The summed E-state index contributed by atoms with van der Waals surface area (Å²) in [7, 11) is 0. The molecule has 0 saturated heterocycles.